The second-order valence-corrected chi connectivity index (χ2v) is 6.42. The molecule has 16 heavy (non-hydrogen) atoms. The fourth-order valence-electron chi connectivity index (χ4n) is 1.33. The molecule has 0 aliphatic heterocycles. The molecule has 0 spiro atoms. The first-order valence-electron chi connectivity index (χ1n) is 4.61. The number of hydrogen-bond acceptors (Lipinski definition) is 3. The van der Waals surface area contributed by atoms with Crippen molar-refractivity contribution in [1.82, 2.24) is 0 Å². The first-order chi connectivity index (χ1) is 7.66. The van der Waals surface area contributed by atoms with E-state index < -0.39 is 10.8 Å². The predicted molar refractivity (Wildman–Crippen MR) is 73.0 cm³/mol. The number of halogens is 1. The fraction of sp³-hybridized carbons (Fsp3) is 0.0909. The van der Waals surface area contributed by atoms with E-state index in [-0.39, 0.29) is 0 Å². The predicted octanol–water partition coefficient (Wildman–Crippen LogP) is 3.40. The maximum absolute atomic E-state index is 12.1. The van der Waals surface area contributed by atoms with Crippen LogP contribution in [-0.2, 0) is 16.6 Å². The Bertz CT molecular complexity index is 511. The van der Waals surface area contributed by atoms with Crippen LogP contribution in [0, 0.1) is 0 Å². The summed E-state index contributed by atoms with van der Waals surface area (Å²) < 4.78 is 13.0. The molecule has 0 saturated carbocycles. The summed E-state index contributed by atoms with van der Waals surface area (Å²) in [5.41, 5.74) is 7.49. The minimum atomic E-state index is -1.07. The van der Waals surface area contributed by atoms with Crippen molar-refractivity contribution in [3.63, 3.8) is 0 Å². The zero-order valence-electron chi connectivity index (χ0n) is 8.35. The molecule has 0 aliphatic carbocycles. The Morgan fingerprint density at radius 2 is 2.19 bits per heavy atom. The first-order valence-corrected chi connectivity index (χ1v) is 7.67. The van der Waals surface area contributed by atoms with Gasteiger partial charge in [-0.2, -0.15) is 11.3 Å². The molecule has 1 aromatic carbocycles. The molecule has 1 aromatic heterocycles. The second-order valence-electron chi connectivity index (χ2n) is 3.30. The molecule has 2 nitrogen and oxygen atoms in total. The van der Waals surface area contributed by atoms with Gasteiger partial charge in [-0.25, -0.2) is 0 Å². The summed E-state index contributed by atoms with van der Waals surface area (Å²) in [6.45, 7) is 0. The standard InChI is InChI=1S/C11H10BrNOS2/c12-9-1-2-11(10(13)5-9)16(14)7-8-3-4-15-6-8/h1-6H,7,13H2. The topological polar surface area (TPSA) is 43.1 Å². The maximum atomic E-state index is 12.1. The summed E-state index contributed by atoms with van der Waals surface area (Å²) in [6, 6.07) is 7.43. The van der Waals surface area contributed by atoms with Gasteiger partial charge in [-0.1, -0.05) is 15.9 Å². The van der Waals surface area contributed by atoms with Crippen molar-refractivity contribution in [2.75, 3.05) is 5.73 Å². The maximum Gasteiger partial charge on any atom is 0.0621 e. The van der Waals surface area contributed by atoms with Gasteiger partial charge in [-0.05, 0) is 40.6 Å². The molecule has 0 fully saturated rings. The van der Waals surface area contributed by atoms with Crippen molar-refractivity contribution in [2.45, 2.75) is 10.6 Å². The van der Waals surface area contributed by atoms with Crippen molar-refractivity contribution in [2.24, 2.45) is 0 Å². The van der Waals surface area contributed by atoms with E-state index in [9.17, 15) is 4.21 Å². The van der Waals surface area contributed by atoms with Crippen LogP contribution in [0.2, 0.25) is 0 Å². The number of nitrogens with two attached hydrogens (primary N) is 1. The smallest absolute Gasteiger partial charge is 0.0621 e. The lowest BCUT2D eigenvalue weighted by Crippen LogP contribution is -2.00. The molecule has 0 amide bonds. The van der Waals surface area contributed by atoms with Gasteiger partial charge in [0.1, 0.15) is 0 Å². The highest BCUT2D eigenvalue weighted by molar-refractivity contribution is 9.10. The molecular weight excluding hydrogens is 306 g/mol. The third kappa shape index (κ3) is 2.72. The van der Waals surface area contributed by atoms with E-state index in [1.165, 1.54) is 0 Å². The van der Waals surface area contributed by atoms with Crippen molar-refractivity contribution < 1.29 is 4.21 Å². The van der Waals surface area contributed by atoms with Gasteiger partial charge in [0, 0.05) is 10.2 Å². The molecule has 84 valence electrons. The SMILES string of the molecule is Nc1cc(Br)ccc1S(=O)Cc1ccsc1. The van der Waals surface area contributed by atoms with Gasteiger partial charge < -0.3 is 5.73 Å². The van der Waals surface area contributed by atoms with Crippen molar-refractivity contribution >= 4 is 43.8 Å². The Morgan fingerprint density at radius 1 is 1.38 bits per heavy atom. The number of anilines is 1. The van der Waals surface area contributed by atoms with E-state index in [1.54, 1.807) is 17.4 Å². The van der Waals surface area contributed by atoms with Crippen molar-refractivity contribution in [3.8, 4) is 0 Å². The lowest BCUT2D eigenvalue weighted by Gasteiger charge is -2.05. The van der Waals surface area contributed by atoms with E-state index in [0.717, 1.165) is 10.0 Å². The van der Waals surface area contributed by atoms with E-state index in [4.69, 9.17) is 5.73 Å². The number of rotatable bonds is 3. The molecule has 1 atom stereocenters. The molecule has 0 radical (unpaired) electrons. The number of nitrogen functional groups attached to an aromatic ring is 1. The molecule has 0 bridgehead atoms. The summed E-state index contributed by atoms with van der Waals surface area (Å²) in [5.74, 6) is 0.523. The summed E-state index contributed by atoms with van der Waals surface area (Å²) in [6.07, 6.45) is 0. The molecule has 1 heterocycles. The molecule has 2 aromatic rings. The molecule has 5 heteroatoms. The van der Waals surface area contributed by atoms with Gasteiger partial charge in [0.25, 0.3) is 0 Å². The van der Waals surface area contributed by atoms with Crippen molar-refractivity contribution in [1.29, 1.82) is 0 Å². The number of benzene rings is 1. The second kappa shape index (κ2) is 5.12. The Hall–Kier alpha value is -0.650. The van der Waals surface area contributed by atoms with Gasteiger partial charge in [-0.15, -0.1) is 0 Å². The van der Waals surface area contributed by atoms with E-state index in [0.29, 0.717) is 16.3 Å². The van der Waals surface area contributed by atoms with Crippen LogP contribution in [-0.4, -0.2) is 4.21 Å². The minimum absolute atomic E-state index is 0.523. The third-order valence-corrected chi connectivity index (χ3v) is 4.78. The van der Waals surface area contributed by atoms with Gasteiger partial charge >= 0.3 is 0 Å². The highest BCUT2D eigenvalue weighted by Crippen LogP contribution is 2.23. The van der Waals surface area contributed by atoms with Crippen LogP contribution in [0.4, 0.5) is 5.69 Å². The first kappa shape index (κ1) is 11.8. The Labute approximate surface area is 109 Å². The largest absolute Gasteiger partial charge is 0.398 e. The van der Waals surface area contributed by atoms with Crippen LogP contribution in [0.5, 0.6) is 0 Å². The summed E-state index contributed by atoms with van der Waals surface area (Å²) in [4.78, 5) is 0.703. The molecule has 2 rings (SSSR count). The quantitative estimate of drug-likeness (QED) is 0.882. The summed E-state index contributed by atoms with van der Waals surface area (Å²) in [7, 11) is -1.07. The van der Waals surface area contributed by atoms with Gasteiger partial charge in [0.15, 0.2) is 0 Å². The lowest BCUT2D eigenvalue weighted by molar-refractivity contribution is 0.683. The Kier molecular flexibility index (Phi) is 3.78. The molecular formula is C11H10BrNOS2. The summed E-state index contributed by atoms with van der Waals surface area (Å²) >= 11 is 4.94. The molecule has 1 unspecified atom stereocenters. The minimum Gasteiger partial charge on any atom is -0.398 e. The van der Waals surface area contributed by atoms with E-state index in [2.05, 4.69) is 15.9 Å². The monoisotopic (exact) mass is 315 g/mol. The van der Waals surface area contributed by atoms with Crippen LogP contribution in [0.25, 0.3) is 0 Å². The van der Waals surface area contributed by atoms with Gasteiger partial charge in [0.2, 0.25) is 0 Å². The number of thiophene rings is 1. The van der Waals surface area contributed by atoms with E-state index in [1.807, 2.05) is 29.0 Å². The zero-order valence-corrected chi connectivity index (χ0v) is 11.6. The van der Waals surface area contributed by atoms with Crippen LogP contribution >= 0.6 is 27.3 Å². The normalized spacial score (nSPS) is 12.6. The fourth-order valence-corrected chi connectivity index (χ4v) is 3.66. The number of hydrogen-bond donors (Lipinski definition) is 1. The molecule has 0 aliphatic rings. The molecule has 2 N–H and O–H groups in total. The Morgan fingerprint density at radius 3 is 2.81 bits per heavy atom. The lowest BCUT2D eigenvalue weighted by atomic mass is 10.3. The van der Waals surface area contributed by atoms with Crippen LogP contribution in [0.3, 0.4) is 0 Å². The summed E-state index contributed by atoms with van der Waals surface area (Å²) in [5, 5.41) is 3.99. The third-order valence-electron chi connectivity index (χ3n) is 2.09. The van der Waals surface area contributed by atoms with E-state index >= 15 is 0 Å². The zero-order chi connectivity index (χ0) is 11.5. The van der Waals surface area contributed by atoms with Crippen LogP contribution < -0.4 is 5.73 Å². The average molecular weight is 316 g/mol. The van der Waals surface area contributed by atoms with Crippen molar-refractivity contribution in [3.05, 3.63) is 45.1 Å². The highest BCUT2D eigenvalue weighted by atomic mass is 79.9. The van der Waals surface area contributed by atoms with Gasteiger partial charge in [-0.3, -0.25) is 4.21 Å². The van der Waals surface area contributed by atoms with Crippen LogP contribution in [0.15, 0.2) is 44.4 Å². The Balaban J connectivity index is 2.21. The highest BCUT2D eigenvalue weighted by Gasteiger charge is 2.09. The van der Waals surface area contributed by atoms with Crippen LogP contribution in [0.1, 0.15) is 5.56 Å². The molecule has 0 saturated heterocycles. The average Bonchev–Trinajstić information content (AvgIpc) is 2.70. The van der Waals surface area contributed by atoms with Gasteiger partial charge in [0.05, 0.1) is 21.4 Å².